The standard InChI is InChI=1S/C12H13BrO/c1-3-8-12(14,9-13)11-6-4-10(2)5-7-11/h4-8,14H,1,9H2,2H3. The summed E-state index contributed by atoms with van der Waals surface area (Å²) in [4.78, 5) is 0. The van der Waals surface area contributed by atoms with Gasteiger partial charge in [0.1, 0.15) is 5.60 Å². The van der Waals surface area contributed by atoms with Gasteiger partial charge in [-0.3, -0.25) is 0 Å². The molecule has 1 aromatic carbocycles. The maximum Gasteiger partial charge on any atom is 0.125 e. The molecule has 2 heteroatoms. The third kappa shape index (κ3) is 2.36. The fourth-order valence-electron chi connectivity index (χ4n) is 1.21. The first kappa shape index (κ1) is 11.3. The Hall–Kier alpha value is -0.820. The van der Waals surface area contributed by atoms with Crippen molar-refractivity contribution >= 4 is 15.9 Å². The summed E-state index contributed by atoms with van der Waals surface area (Å²) in [5.41, 5.74) is 3.63. The van der Waals surface area contributed by atoms with Gasteiger partial charge in [0.15, 0.2) is 0 Å². The minimum absolute atomic E-state index is 0.436. The molecule has 0 radical (unpaired) electrons. The van der Waals surface area contributed by atoms with E-state index in [-0.39, 0.29) is 0 Å². The molecule has 0 heterocycles. The van der Waals surface area contributed by atoms with Crippen molar-refractivity contribution in [2.45, 2.75) is 12.5 Å². The fraction of sp³-hybridized carbons (Fsp3) is 0.250. The van der Waals surface area contributed by atoms with Gasteiger partial charge in [0.25, 0.3) is 0 Å². The molecule has 0 fully saturated rings. The Kier molecular flexibility index (Phi) is 3.70. The molecule has 1 rings (SSSR count). The highest BCUT2D eigenvalue weighted by molar-refractivity contribution is 9.09. The first-order chi connectivity index (χ1) is 6.62. The molecule has 1 aromatic rings. The maximum atomic E-state index is 10.2. The first-order valence-corrected chi connectivity index (χ1v) is 5.47. The Bertz CT molecular complexity index is 349. The normalized spacial score (nSPS) is 14.2. The smallest absolute Gasteiger partial charge is 0.125 e. The van der Waals surface area contributed by atoms with E-state index in [1.54, 1.807) is 6.08 Å². The third-order valence-electron chi connectivity index (χ3n) is 2.10. The highest BCUT2D eigenvalue weighted by Crippen LogP contribution is 2.24. The summed E-state index contributed by atoms with van der Waals surface area (Å²) in [5.74, 6) is 0. The lowest BCUT2D eigenvalue weighted by Crippen LogP contribution is -2.24. The molecule has 14 heavy (non-hydrogen) atoms. The molecule has 0 aromatic heterocycles. The summed E-state index contributed by atoms with van der Waals surface area (Å²) in [6.45, 7) is 5.49. The highest BCUT2D eigenvalue weighted by Gasteiger charge is 2.24. The quantitative estimate of drug-likeness (QED) is 0.648. The molecule has 1 atom stereocenters. The molecule has 0 amide bonds. The van der Waals surface area contributed by atoms with Gasteiger partial charge in [0.2, 0.25) is 0 Å². The zero-order valence-corrected chi connectivity index (χ0v) is 9.71. The predicted molar refractivity (Wildman–Crippen MR) is 62.6 cm³/mol. The van der Waals surface area contributed by atoms with E-state index in [0.717, 1.165) is 5.56 Å². The van der Waals surface area contributed by atoms with Crippen molar-refractivity contribution in [3.63, 3.8) is 0 Å². The van der Waals surface area contributed by atoms with Crippen molar-refractivity contribution in [2.24, 2.45) is 0 Å². The maximum absolute atomic E-state index is 10.2. The average molecular weight is 253 g/mol. The summed E-state index contributed by atoms with van der Waals surface area (Å²) >= 11 is 3.28. The molecule has 0 aliphatic rings. The van der Waals surface area contributed by atoms with Gasteiger partial charge in [-0.15, -0.1) is 5.73 Å². The van der Waals surface area contributed by atoms with Crippen LogP contribution in [0.15, 0.2) is 42.7 Å². The number of benzene rings is 1. The van der Waals surface area contributed by atoms with Crippen LogP contribution in [0.2, 0.25) is 0 Å². The minimum Gasteiger partial charge on any atom is -0.379 e. The molecule has 1 unspecified atom stereocenters. The Morgan fingerprint density at radius 1 is 1.50 bits per heavy atom. The Morgan fingerprint density at radius 2 is 2.07 bits per heavy atom. The topological polar surface area (TPSA) is 20.2 Å². The van der Waals surface area contributed by atoms with Gasteiger partial charge in [0.05, 0.1) is 0 Å². The summed E-state index contributed by atoms with van der Waals surface area (Å²) in [6.07, 6.45) is 1.56. The minimum atomic E-state index is -1.00. The third-order valence-corrected chi connectivity index (χ3v) is 2.95. The second-order valence-corrected chi connectivity index (χ2v) is 3.83. The van der Waals surface area contributed by atoms with Crippen LogP contribution in [0.4, 0.5) is 0 Å². The first-order valence-electron chi connectivity index (χ1n) is 4.35. The molecular weight excluding hydrogens is 240 g/mol. The van der Waals surface area contributed by atoms with Gasteiger partial charge in [0, 0.05) is 5.33 Å². The average Bonchev–Trinajstić information content (AvgIpc) is 2.19. The number of aliphatic hydroxyl groups is 1. The van der Waals surface area contributed by atoms with Crippen LogP contribution in [-0.4, -0.2) is 10.4 Å². The van der Waals surface area contributed by atoms with Crippen LogP contribution in [0.3, 0.4) is 0 Å². The lowest BCUT2D eigenvalue weighted by atomic mass is 9.95. The monoisotopic (exact) mass is 252 g/mol. The largest absolute Gasteiger partial charge is 0.379 e. The molecule has 0 aliphatic carbocycles. The molecule has 1 N–H and O–H groups in total. The van der Waals surface area contributed by atoms with Crippen LogP contribution in [0.25, 0.3) is 0 Å². The Balaban J connectivity index is 3.12. The predicted octanol–water partition coefficient (Wildman–Crippen LogP) is 2.92. The summed E-state index contributed by atoms with van der Waals surface area (Å²) < 4.78 is 0. The second kappa shape index (κ2) is 4.61. The van der Waals surface area contributed by atoms with E-state index >= 15 is 0 Å². The number of rotatable bonds is 3. The van der Waals surface area contributed by atoms with Crippen molar-refractivity contribution in [1.29, 1.82) is 0 Å². The number of aryl methyl sites for hydroxylation is 1. The van der Waals surface area contributed by atoms with E-state index < -0.39 is 5.60 Å². The van der Waals surface area contributed by atoms with Gasteiger partial charge in [-0.05, 0) is 18.6 Å². The van der Waals surface area contributed by atoms with Gasteiger partial charge in [-0.1, -0.05) is 52.3 Å². The van der Waals surface area contributed by atoms with E-state index in [1.807, 2.05) is 31.2 Å². The molecule has 1 nitrogen and oxygen atoms in total. The highest BCUT2D eigenvalue weighted by atomic mass is 79.9. The van der Waals surface area contributed by atoms with Crippen LogP contribution in [0.1, 0.15) is 11.1 Å². The van der Waals surface area contributed by atoms with E-state index in [0.29, 0.717) is 5.33 Å². The van der Waals surface area contributed by atoms with Crippen LogP contribution in [0.5, 0.6) is 0 Å². The number of hydrogen-bond donors (Lipinski definition) is 1. The van der Waals surface area contributed by atoms with E-state index in [2.05, 4.69) is 28.2 Å². The number of halogens is 1. The van der Waals surface area contributed by atoms with Crippen molar-refractivity contribution in [3.05, 3.63) is 53.8 Å². The SMILES string of the molecule is C=C=CC(O)(CBr)c1ccc(C)cc1. The molecule has 74 valence electrons. The van der Waals surface area contributed by atoms with Crippen molar-refractivity contribution in [3.8, 4) is 0 Å². The van der Waals surface area contributed by atoms with Crippen molar-refractivity contribution in [1.82, 2.24) is 0 Å². The van der Waals surface area contributed by atoms with E-state index in [9.17, 15) is 5.11 Å². The Labute approximate surface area is 92.9 Å². The van der Waals surface area contributed by atoms with Crippen molar-refractivity contribution < 1.29 is 5.11 Å². The van der Waals surface area contributed by atoms with E-state index in [4.69, 9.17) is 0 Å². The Morgan fingerprint density at radius 3 is 2.50 bits per heavy atom. The molecule has 0 bridgehead atoms. The molecule has 0 saturated carbocycles. The fourth-order valence-corrected chi connectivity index (χ4v) is 1.70. The van der Waals surface area contributed by atoms with Crippen LogP contribution >= 0.6 is 15.9 Å². The van der Waals surface area contributed by atoms with Crippen LogP contribution in [-0.2, 0) is 5.60 Å². The number of hydrogen-bond acceptors (Lipinski definition) is 1. The molecule has 0 saturated heterocycles. The molecule has 0 spiro atoms. The van der Waals surface area contributed by atoms with Gasteiger partial charge in [-0.2, -0.15) is 0 Å². The summed E-state index contributed by atoms with van der Waals surface area (Å²) in [7, 11) is 0. The zero-order valence-electron chi connectivity index (χ0n) is 8.13. The van der Waals surface area contributed by atoms with Gasteiger partial charge in [-0.25, -0.2) is 0 Å². The number of alkyl halides is 1. The van der Waals surface area contributed by atoms with Gasteiger partial charge >= 0.3 is 0 Å². The van der Waals surface area contributed by atoms with Crippen LogP contribution in [0, 0.1) is 6.92 Å². The van der Waals surface area contributed by atoms with Crippen LogP contribution < -0.4 is 0 Å². The zero-order chi connectivity index (χ0) is 10.6. The molecular formula is C12H13BrO. The molecule has 0 aliphatic heterocycles. The summed E-state index contributed by atoms with van der Waals surface area (Å²) in [5, 5.41) is 10.6. The second-order valence-electron chi connectivity index (χ2n) is 3.27. The van der Waals surface area contributed by atoms with E-state index in [1.165, 1.54) is 5.56 Å². The lowest BCUT2D eigenvalue weighted by molar-refractivity contribution is 0.118. The lowest BCUT2D eigenvalue weighted by Gasteiger charge is -2.21. The van der Waals surface area contributed by atoms with Gasteiger partial charge < -0.3 is 5.11 Å². The summed E-state index contributed by atoms with van der Waals surface area (Å²) in [6, 6.07) is 7.76. The van der Waals surface area contributed by atoms with Crippen molar-refractivity contribution in [2.75, 3.05) is 5.33 Å².